The number of anilines is 1. The molecule has 2 N–H and O–H groups in total. The number of carbonyl (C=O) groups excluding carboxylic acids is 1. The number of nitriles is 1. The Labute approximate surface area is 155 Å². The molecule has 0 radical (unpaired) electrons. The van der Waals surface area contributed by atoms with Gasteiger partial charge in [0.25, 0.3) is 0 Å². The van der Waals surface area contributed by atoms with Crippen LogP contribution in [0.4, 0.5) is 5.13 Å². The van der Waals surface area contributed by atoms with Crippen LogP contribution in [0.2, 0.25) is 0 Å². The topological polar surface area (TPSA) is 90.7 Å². The molecular weight excluding hydrogens is 354 g/mol. The van der Waals surface area contributed by atoms with E-state index < -0.39 is 5.54 Å². The maximum atomic E-state index is 12.1. The summed E-state index contributed by atoms with van der Waals surface area (Å²) in [5, 5.41) is 24.3. The molecule has 6 nitrogen and oxygen atoms in total. The second kappa shape index (κ2) is 7.85. The number of nitrogens with zero attached hydrogens (tertiary/aromatic N) is 3. The fourth-order valence-electron chi connectivity index (χ4n) is 2.45. The Morgan fingerprint density at radius 3 is 2.84 bits per heavy atom. The van der Waals surface area contributed by atoms with Crippen molar-refractivity contribution in [2.75, 3.05) is 11.1 Å². The zero-order valence-electron chi connectivity index (χ0n) is 13.9. The zero-order valence-corrected chi connectivity index (χ0v) is 15.5. The molecule has 1 atom stereocenters. The molecule has 1 aliphatic rings. The highest BCUT2D eigenvalue weighted by Crippen LogP contribution is 2.39. The summed E-state index contributed by atoms with van der Waals surface area (Å²) in [4.78, 5) is 12.1. The number of rotatable bonds is 8. The van der Waals surface area contributed by atoms with Gasteiger partial charge in [-0.3, -0.25) is 4.79 Å². The summed E-state index contributed by atoms with van der Waals surface area (Å²) in [6.45, 7) is 2.48. The highest BCUT2D eigenvalue weighted by molar-refractivity contribution is 8.01. The summed E-state index contributed by atoms with van der Waals surface area (Å²) < 4.78 is 0.732. The number of nitrogens with one attached hydrogen (secondary N) is 2. The molecule has 1 aromatic heterocycles. The van der Waals surface area contributed by atoms with Gasteiger partial charge in [-0.2, -0.15) is 5.26 Å². The molecule has 1 aliphatic carbocycles. The van der Waals surface area contributed by atoms with E-state index in [4.69, 9.17) is 0 Å². The van der Waals surface area contributed by atoms with Crippen molar-refractivity contribution in [3.8, 4) is 6.07 Å². The van der Waals surface area contributed by atoms with Crippen LogP contribution >= 0.6 is 23.1 Å². The predicted octanol–water partition coefficient (Wildman–Crippen LogP) is 3.05. The van der Waals surface area contributed by atoms with Crippen LogP contribution in [0.3, 0.4) is 0 Å². The molecule has 8 heteroatoms. The summed E-state index contributed by atoms with van der Waals surface area (Å²) in [6, 6.07) is 12.3. The molecule has 25 heavy (non-hydrogen) atoms. The Morgan fingerprint density at radius 2 is 2.16 bits per heavy atom. The average Bonchev–Trinajstić information content (AvgIpc) is 3.39. The van der Waals surface area contributed by atoms with Crippen LogP contribution in [-0.2, 0) is 11.3 Å². The van der Waals surface area contributed by atoms with Gasteiger partial charge < -0.3 is 10.6 Å². The van der Waals surface area contributed by atoms with E-state index in [0.717, 1.165) is 22.3 Å². The van der Waals surface area contributed by atoms with E-state index in [-0.39, 0.29) is 17.6 Å². The van der Waals surface area contributed by atoms with Gasteiger partial charge in [0.2, 0.25) is 11.0 Å². The first-order chi connectivity index (χ1) is 12.1. The number of amides is 1. The molecule has 1 heterocycles. The maximum absolute atomic E-state index is 12.1. The third kappa shape index (κ3) is 4.94. The normalized spacial score (nSPS) is 15.8. The lowest BCUT2D eigenvalue weighted by molar-refractivity contribution is -0.119. The van der Waals surface area contributed by atoms with E-state index in [0.29, 0.717) is 6.54 Å². The molecule has 3 rings (SSSR count). The summed E-state index contributed by atoms with van der Waals surface area (Å²) in [5.74, 6) is 0.369. The van der Waals surface area contributed by atoms with Crippen LogP contribution < -0.4 is 10.6 Å². The fourth-order valence-corrected chi connectivity index (χ4v) is 4.00. The lowest BCUT2D eigenvalue weighted by Gasteiger charge is -2.22. The van der Waals surface area contributed by atoms with Crippen LogP contribution in [0.5, 0.6) is 0 Å². The molecule has 2 aromatic rings. The number of carbonyl (C=O) groups is 1. The number of thioether (sulfide) groups is 1. The van der Waals surface area contributed by atoms with Gasteiger partial charge in [-0.05, 0) is 31.2 Å². The smallest absolute Gasteiger partial charge is 0.231 e. The molecule has 1 aromatic carbocycles. The quantitative estimate of drug-likeness (QED) is 0.691. The van der Waals surface area contributed by atoms with Gasteiger partial charge in [-0.25, -0.2) is 0 Å². The van der Waals surface area contributed by atoms with Crippen molar-refractivity contribution in [1.29, 1.82) is 5.26 Å². The second-order valence-corrected chi connectivity index (χ2v) is 8.34. The van der Waals surface area contributed by atoms with Gasteiger partial charge in [0.1, 0.15) is 5.54 Å². The van der Waals surface area contributed by atoms with Gasteiger partial charge in [0.15, 0.2) is 4.34 Å². The number of benzene rings is 1. The maximum Gasteiger partial charge on any atom is 0.231 e. The van der Waals surface area contributed by atoms with Crippen LogP contribution in [0.1, 0.15) is 25.3 Å². The minimum atomic E-state index is -0.749. The molecule has 0 saturated heterocycles. The molecule has 1 saturated carbocycles. The standard InChI is InChI=1S/C17H19N5OS2/c1-17(11-18,13-7-8-13)20-14(23)10-24-16-22-21-15(25-16)19-9-12-5-3-2-4-6-12/h2-6,13H,7-10H2,1H3,(H,19,21)(H,20,23)/t17-/m1/s1. The third-order valence-electron chi connectivity index (χ3n) is 4.04. The second-order valence-electron chi connectivity index (χ2n) is 6.14. The molecule has 0 unspecified atom stereocenters. The van der Waals surface area contributed by atoms with E-state index in [1.54, 1.807) is 6.92 Å². The van der Waals surface area contributed by atoms with Crippen molar-refractivity contribution in [2.45, 2.75) is 36.2 Å². The van der Waals surface area contributed by atoms with Crippen molar-refractivity contribution in [1.82, 2.24) is 15.5 Å². The molecule has 0 bridgehead atoms. The fraction of sp³-hybridized carbons (Fsp3) is 0.412. The van der Waals surface area contributed by atoms with E-state index in [1.807, 2.05) is 30.3 Å². The summed E-state index contributed by atoms with van der Waals surface area (Å²) in [5.41, 5.74) is 0.420. The Kier molecular flexibility index (Phi) is 5.56. The molecule has 1 amide bonds. The first kappa shape index (κ1) is 17.7. The highest BCUT2D eigenvalue weighted by atomic mass is 32.2. The van der Waals surface area contributed by atoms with Crippen molar-refractivity contribution in [2.24, 2.45) is 5.92 Å². The number of aromatic nitrogens is 2. The summed E-state index contributed by atoms with van der Waals surface area (Å²) >= 11 is 2.76. The van der Waals surface area contributed by atoms with E-state index >= 15 is 0 Å². The lowest BCUT2D eigenvalue weighted by atomic mass is 9.98. The van der Waals surface area contributed by atoms with Crippen LogP contribution in [-0.4, -0.2) is 27.4 Å². The van der Waals surface area contributed by atoms with Crippen LogP contribution in [0.15, 0.2) is 34.7 Å². The van der Waals surface area contributed by atoms with E-state index in [1.165, 1.54) is 28.7 Å². The average molecular weight is 374 g/mol. The molecular formula is C17H19N5OS2. The van der Waals surface area contributed by atoms with Gasteiger partial charge in [-0.1, -0.05) is 53.4 Å². The van der Waals surface area contributed by atoms with Crippen LogP contribution in [0.25, 0.3) is 0 Å². The first-order valence-corrected chi connectivity index (χ1v) is 9.85. The monoisotopic (exact) mass is 373 g/mol. The minimum Gasteiger partial charge on any atom is -0.356 e. The van der Waals surface area contributed by atoms with Gasteiger partial charge in [0, 0.05) is 6.54 Å². The number of hydrogen-bond donors (Lipinski definition) is 2. The first-order valence-electron chi connectivity index (χ1n) is 8.05. The van der Waals surface area contributed by atoms with Crippen molar-refractivity contribution >= 4 is 34.1 Å². The van der Waals surface area contributed by atoms with Gasteiger partial charge in [-0.15, -0.1) is 10.2 Å². The van der Waals surface area contributed by atoms with Crippen molar-refractivity contribution in [3.63, 3.8) is 0 Å². The van der Waals surface area contributed by atoms with Crippen molar-refractivity contribution in [3.05, 3.63) is 35.9 Å². The molecule has 0 spiro atoms. The Bertz CT molecular complexity index is 769. The SMILES string of the molecule is C[C@](C#N)(NC(=O)CSc1nnc(NCc2ccccc2)s1)C1CC1. The molecule has 0 aliphatic heterocycles. The third-order valence-corrected chi connectivity index (χ3v) is 6.06. The summed E-state index contributed by atoms with van der Waals surface area (Å²) in [7, 11) is 0. The Morgan fingerprint density at radius 1 is 1.40 bits per heavy atom. The van der Waals surface area contributed by atoms with E-state index in [9.17, 15) is 10.1 Å². The Balaban J connectivity index is 1.45. The zero-order chi connectivity index (χ0) is 17.7. The van der Waals surface area contributed by atoms with Gasteiger partial charge in [0.05, 0.1) is 11.8 Å². The van der Waals surface area contributed by atoms with Crippen molar-refractivity contribution < 1.29 is 4.79 Å². The minimum absolute atomic E-state index is 0.144. The largest absolute Gasteiger partial charge is 0.356 e. The van der Waals surface area contributed by atoms with E-state index in [2.05, 4.69) is 26.9 Å². The summed E-state index contributed by atoms with van der Waals surface area (Å²) in [6.07, 6.45) is 2.01. The van der Waals surface area contributed by atoms with Gasteiger partial charge >= 0.3 is 0 Å². The van der Waals surface area contributed by atoms with Crippen LogP contribution in [0, 0.1) is 17.2 Å². The Hall–Kier alpha value is -2.11. The predicted molar refractivity (Wildman–Crippen MR) is 99.3 cm³/mol. The highest BCUT2D eigenvalue weighted by Gasteiger charge is 2.42. The lowest BCUT2D eigenvalue weighted by Crippen LogP contribution is -2.47. The molecule has 1 fully saturated rings. The molecule has 130 valence electrons. The number of hydrogen-bond acceptors (Lipinski definition) is 7.